The predicted octanol–water partition coefficient (Wildman–Crippen LogP) is 1.26. The highest BCUT2D eigenvalue weighted by molar-refractivity contribution is 6.11. The molecule has 0 radical (unpaired) electrons. The third kappa shape index (κ3) is 2.16. The summed E-state index contributed by atoms with van der Waals surface area (Å²) < 4.78 is 10.7. The van der Waals surface area contributed by atoms with Gasteiger partial charge in [-0.1, -0.05) is 0 Å². The Morgan fingerprint density at radius 2 is 2.00 bits per heavy atom. The lowest BCUT2D eigenvalue weighted by atomic mass is 10.1. The molecule has 0 saturated carbocycles. The van der Waals surface area contributed by atoms with E-state index < -0.39 is 5.91 Å². The van der Waals surface area contributed by atoms with Crippen molar-refractivity contribution in [2.45, 2.75) is 6.92 Å². The fourth-order valence-corrected chi connectivity index (χ4v) is 2.18. The number of aryl methyl sites for hydroxylation is 1. The second-order valence-electron chi connectivity index (χ2n) is 4.80. The van der Waals surface area contributed by atoms with Gasteiger partial charge in [0.15, 0.2) is 11.3 Å². The topological polar surface area (TPSA) is 106 Å². The number of nitrogens with zero attached hydrogens (tertiary/aromatic N) is 1. The van der Waals surface area contributed by atoms with Gasteiger partial charge in [-0.3, -0.25) is 9.59 Å². The molecule has 3 N–H and O–H groups in total. The van der Waals surface area contributed by atoms with E-state index in [1.807, 2.05) is 0 Å². The first-order chi connectivity index (χ1) is 9.79. The highest BCUT2D eigenvalue weighted by atomic mass is 16.5. The van der Waals surface area contributed by atoms with Crippen molar-refractivity contribution >= 4 is 22.8 Å². The Morgan fingerprint density at radius 3 is 2.48 bits per heavy atom. The number of benzene rings is 1. The number of carbonyl (C=O) groups is 2. The number of hydrogen-bond donors (Lipinski definition) is 2. The summed E-state index contributed by atoms with van der Waals surface area (Å²) >= 11 is 0. The van der Waals surface area contributed by atoms with Gasteiger partial charge in [0.1, 0.15) is 17.1 Å². The second kappa shape index (κ2) is 5.01. The van der Waals surface area contributed by atoms with Crippen LogP contribution in [0.25, 0.3) is 11.0 Å². The van der Waals surface area contributed by atoms with E-state index in [1.165, 1.54) is 18.1 Å². The highest BCUT2D eigenvalue weighted by Gasteiger charge is 2.27. The fraction of sp³-hybridized carbons (Fsp3) is 0.286. The van der Waals surface area contributed by atoms with Crippen LogP contribution in [-0.4, -0.2) is 43.0 Å². The number of primary amides is 1. The Bertz CT molecular complexity index is 746. The second-order valence-corrected chi connectivity index (χ2v) is 4.80. The Kier molecular flexibility index (Phi) is 3.51. The highest BCUT2D eigenvalue weighted by Crippen LogP contribution is 2.40. The van der Waals surface area contributed by atoms with Gasteiger partial charge in [0.2, 0.25) is 0 Å². The van der Waals surface area contributed by atoms with Gasteiger partial charge in [0.25, 0.3) is 11.8 Å². The lowest BCUT2D eigenvalue weighted by Gasteiger charge is -2.07. The monoisotopic (exact) mass is 292 g/mol. The number of phenols is 1. The molecule has 7 heteroatoms. The van der Waals surface area contributed by atoms with Crippen molar-refractivity contribution in [3.8, 4) is 11.5 Å². The molecule has 1 heterocycles. The number of ether oxygens (including phenoxy) is 1. The number of aromatic hydroxyl groups is 1. The lowest BCUT2D eigenvalue weighted by Crippen LogP contribution is -2.21. The number of nitrogens with two attached hydrogens (primary N) is 1. The maximum atomic E-state index is 12.1. The minimum atomic E-state index is -0.849. The lowest BCUT2D eigenvalue weighted by molar-refractivity contribution is 0.0797. The third-order valence-electron chi connectivity index (χ3n) is 3.21. The van der Waals surface area contributed by atoms with Gasteiger partial charge in [-0.25, -0.2) is 0 Å². The van der Waals surface area contributed by atoms with Gasteiger partial charge in [-0.2, -0.15) is 0 Å². The first-order valence-electron chi connectivity index (χ1n) is 6.14. The van der Waals surface area contributed by atoms with Crippen LogP contribution >= 0.6 is 0 Å². The standard InChI is InChI=1S/C14H16N2O5/c1-6-9-8(20-4)5-7(17)10(13(15)18)12(9)21-11(6)14(19)16(2)3/h5,17H,1-4H3,(H2,15,18). The number of methoxy groups -OCH3 is 1. The van der Waals surface area contributed by atoms with E-state index in [-0.39, 0.29) is 28.6 Å². The van der Waals surface area contributed by atoms with Crippen LogP contribution in [0.4, 0.5) is 0 Å². The Morgan fingerprint density at radius 1 is 1.38 bits per heavy atom. The molecular formula is C14H16N2O5. The average Bonchev–Trinajstić information content (AvgIpc) is 2.73. The smallest absolute Gasteiger partial charge is 0.289 e. The summed E-state index contributed by atoms with van der Waals surface area (Å²) in [7, 11) is 4.58. The molecule has 2 rings (SSSR count). The molecule has 21 heavy (non-hydrogen) atoms. The Balaban J connectivity index is 2.91. The number of fused-ring (bicyclic) bond motifs is 1. The van der Waals surface area contributed by atoms with Crippen LogP contribution in [0.1, 0.15) is 26.5 Å². The SMILES string of the molecule is COc1cc(O)c(C(N)=O)c2oc(C(=O)N(C)C)c(C)c12. The summed E-state index contributed by atoms with van der Waals surface area (Å²) in [5.41, 5.74) is 5.66. The molecule has 2 aromatic rings. The third-order valence-corrected chi connectivity index (χ3v) is 3.21. The number of rotatable bonds is 3. The van der Waals surface area contributed by atoms with Crippen molar-refractivity contribution in [1.82, 2.24) is 4.90 Å². The molecule has 2 amide bonds. The molecule has 0 atom stereocenters. The maximum Gasteiger partial charge on any atom is 0.289 e. The zero-order valence-electron chi connectivity index (χ0n) is 12.2. The van der Waals surface area contributed by atoms with Crippen LogP contribution in [0.2, 0.25) is 0 Å². The van der Waals surface area contributed by atoms with Crippen molar-refractivity contribution in [2.75, 3.05) is 21.2 Å². The zero-order chi connectivity index (χ0) is 15.9. The van der Waals surface area contributed by atoms with Crippen molar-refractivity contribution in [3.63, 3.8) is 0 Å². The number of carbonyl (C=O) groups excluding carboxylic acids is 2. The summed E-state index contributed by atoms with van der Waals surface area (Å²) in [6, 6.07) is 1.27. The van der Waals surface area contributed by atoms with Gasteiger partial charge in [0.05, 0.1) is 12.5 Å². The number of hydrogen-bond acceptors (Lipinski definition) is 5. The van der Waals surface area contributed by atoms with E-state index in [0.717, 1.165) is 0 Å². The van der Waals surface area contributed by atoms with Crippen molar-refractivity contribution in [3.05, 3.63) is 23.0 Å². The van der Waals surface area contributed by atoms with Crippen LogP contribution in [0, 0.1) is 6.92 Å². The number of amides is 2. The number of furan rings is 1. The van der Waals surface area contributed by atoms with E-state index in [1.54, 1.807) is 21.0 Å². The van der Waals surface area contributed by atoms with E-state index >= 15 is 0 Å². The van der Waals surface area contributed by atoms with Crippen LogP contribution in [0.5, 0.6) is 11.5 Å². The van der Waals surface area contributed by atoms with Crippen molar-refractivity contribution < 1.29 is 23.8 Å². The zero-order valence-corrected chi connectivity index (χ0v) is 12.2. The van der Waals surface area contributed by atoms with Crippen LogP contribution in [0.15, 0.2) is 10.5 Å². The Labute approximate surface area is 120 Å². The predicted molar refractivity (Wildman–Crippen MR) is 75.7 cm³/mol. The van der Waals surface area contributed by atoms with E-state index in [9.17, 15) is 14.7 Å². The average molecular weight is 292 g/mol. The van der Waals surface area contributed by atoms with Gasteiger partial charge in [-0.05, 0) is 6.92 Å². The van der Waals surface area contributed by atoms with Gasteiger partial charge >= 0.3 is 0 Å². The van der Waals surface area contributed by atoms with E-state index in [0.29, 0.717) is 16.7 Å². The molecule has 0 unspecified atom stereocenters. The fourth-order valence-electron chi connectivity index (χ4n) is 2.18. The first kappa shape index (κ1) is 14.7. The molecule has 1 aromatic carbocycles. The molecule has 0 aliphatic heterocycles. The molecule has 112 valence electrons. The minimum absolute atomic E-state index is 0.0436. The largest absolute Gasteiger partial charge is 0.507 e. The van der Waals surface area contributed by atoms with Crippen LogP contribution in [-0.2, 0) is 0 Å². The summed E-state index contributed by atoms with van der Waals surface area (Å²) in [5.74, 6) is -1.20. The minimum Gasteiger partial charge on any atom is -0.507 e. The molecule has 1 aromatic heterocycles. The summed E-state index contributed by atoms with van der Waals surface area (Å²) in [5, 5.41) is 10.3. The van der Waals surface area contributed by atoms with E-state index in [4.69, 9.17) is 14.9 Å². The Hall–Kier alpha value is -2.70. The molecule has 7 nitrogen and oxygen atoms in total. The quantitative estimate of drug-likeness (QED) is 0.885. The summed E-state index contributed by atoms with van der Waals surface area (Å²) in [6.45, 7) is 1.67. The molecule has 0 aliphatic carbocycles. The molecule has 0 spiro atoms. The van der Waals surface area contributed by atoms with Crippen LogP contribution in [0.3, 0.4) is 0 Å². The molecule has 0 aliphatic rings. The van der Waals surface area contributed by atoms with Crippen molar-refractivity contribution in [2.24, 2.45) is 5.73 Å². The van der Waals surface area contributed by atoms with Gasteiger partial charge in [0, 0.05) is 25.7 Å². The summed E-state index contributed by atoms with van der Waals surface area (Å²) in [4.78, 5) is 25.0. The van der Waals surface area contributed by atoms with Crippen LogP contribution < -0.4 is 10.5 Å². The first-order valence-corrected chi connectivity index (χ1v) is 6.14. The molecular weight excluding hydrogens is 276 g/mol. The van der Waals surface area contributed by atoms with Crippen molar-refractivity contribution in [1.29, 1.82) is 0 Å². The summed E-state index contributed by atoms with van der Waals surface area (Å²) in [6.07, 6.45) is 0. The van der Waals surface area contributed by atoms with E-state index in [2.05, 4.69) is 0 Å². The molecule has 0 bridgehead atoms. The van der Waals surface area contributed by atoms with Gasteiger partial charge in [-0.15, -0.1) is 0 Å². The maximum absolute atomic E-state index is 12.1. The molecule has 0 saturated heterocycles. The molecule has 0 fully saturated rings. The van der Waals surface area contributed by atoms with Gasteiger partial charge < -0.3 is 24.9 Å². The normalized spacial score (nSPS) is 10.7.